The van der Waals surface area contributed by atoms with E-state index in [1.165, 1.54) is 101 Å². The third-order valence-corrected chi connectivity index (χ3v) is 19.5. The highest BCUT2D eigenvalue weighted by molar-refractivity contribution is 7.26. The molecule has 0 amide bonds. The van der Waals surface area contributed by atoms with Gasteiger partial charge in [-0.3, -0.25) is 0 Å². The lowest BCUT2D eigenvalue weighted by molar-refractivity contribution is 1.17. The molecule has 13 aromatic rings. The molecule has 300 valence electrons. The minimum atomic E-state index is -2.68. The second-order valence-corrected chi connectivity index (χ2v) is 21.6. The topological polar surface area (TPSA) is 9.86 Å². The molecule has 3 heterocycles. The smallest absolute Gasteiger partial charge is 0.179 e. The number of nitrogens with zero attached hydrogens (tertiary/aromatic N) is 2. The van der Waals surface area contributed by atoms with Crippen LogP contribution in [0.3, 0.4) is 0 Å². The molecular formula is C60H40N2SSi. The van der Waals surface area contributed by atoms with E-state index in [-0.39, 0.29) is 0 Å². The largest absolute Gasteiger partial charge is 0.309 e. The van der Waals surface area contributed by atoms with Crippen LogP contribution in [0, 0.1) is 0 Å². The van der Waals surface area contributed by atoms with Crippen LogP contribution in [-0.2, 0) is 0 Å². The summed E-state index contributed by atoms with van der Waals surface area (Å²) < 4.78 is 7.64. The van der Waals surface area contributed by atoms with E-state index in [2.05, 4.69) is 252 Å². The van der Waals surface area contributed by atoms with E-state index in [0.29, 0.717) is 0 Å². The van der Waals surface area contributed by atoms with Crippen molar-refractivity contribution in [3.05, 3.63) is 243 Å². The molecular weight excluding hydrogens is 809 g/mol. The molecule has 10 aromatic carbocycles. The van der Waals surface area contributed by atoms with Gasteiger partial charge in [-0.2, -0.15) is 0 Å². The Balaban J connectivity index is 1.03. The third kappa shape index (κ3) is 5.37. The molecule has 0 aliphatic heterocycles. The van der Waals surface area contributed by atoms with E-state index in [4.69, 9.17) is 0 Å². The van der Waals surface area contributed by atoms with Crippen LogP contribution in [0.2, 0.25) is 0 Å². The molecule has 0 N–H and O–H groups in total. The van der Waals surface area contributed by atoms with E-state index in [0.717, 1.165) is 5.69 Å². The zero-order chi connectivity index (χ0) is 42.2. The van der Waals surface area contributed by atoms with Gasteiger partial charge in [-0.1, -0.05) is 194 Å². The second-order valence-electron chi connectivity index (χ2n) is 16.8. The van der Waals surface area contributed by atoms with E-state index in [1.807, 2.05) is 11.3 Å². The Labute approximate surface area is 376 Å². The van der Waals surface area contributed by atoms with Crippen molar-refractivity contribution >= 4 is 104 Å². The lowest BCUT2D eigenvalue weighted by Gasteiger charge is -2.34. The highest BCUT2D eigenvalue weighted by Gasteiger charge is 2.41. The zero-order valence-electron chi connectivity index (χ0n) is 34.9. The Morgan fingerprint density at radius 3 is 1.41 bits per heavy atom. The second kappa shape index (κ2) is 14.7. The van der Waals surface area contributed by atoms with E-state index in [9.17, 15) is 0 Å². The van der Waals surface area contributed by atoms with Crippen LogP contribution in [-0.4, -0.2) is 17.2 Å². The SMILES string of the molecule is c1ccc([Si](c2ccccc2)(c2ccccc2)c2ccc(-n3c4ccccc4c4c(-n5c6ccccc6c6c(-c7cccc8c7sc7ccccc78)cccc65)cccc43)cc2)cc1. The molecule has 64 heavy (non-hydrogen) atoms. The van der Waals surface area contributed by atoms with E-state index < -0.39 is 8.07 Å². The molecule has 4 heteroatoms. The molecule has 0 atom stereocenters. The molecule has 0 saturated carbocycles. The van der Waals surface area contributed by atoms with Crippen molar-refractivity contribution in [2.24, 2.45) is 0 Å². The van der Waals surface area contributed by atoms with Crippen molar-refractivity contribution in [3.63, 3.8) is 0 Å². The van der Waals surface area contributed by atoms with Crippen molar-refractivity contribution in [2.45, 2.75) is 0 Å². The van der Waals surface area contributed by atoms with Gasteiger partial charge in [-0.25, -0.2) is 0 Å². The molecule has 13 rings (SSSR count). The van der Waals surface area contributed by atoms with Crippen LogP contribution in [0.15, 0.2) is 243 Å². The van der Waals surface area contributed by atoms with Crippen LogP contribution in [0.1, 0.15) is 0 Å². The van der Waals surface area contributed by atoms with Gasteiger partial charge in [0.2, 0.25) is 0 Å². The Kier molecular flexibility index (Phi) is 8.45. The Morgan fingerprint density at radius 2 is 0.750 bits per heavy atom. The van der Waals surface area contributed by atoms with Gasteiger partial charge in [0.05, 0.1) is 27.8 Å². The normalized spacial score (nSPS) is 12.1. The predicted molar refractivity (Wildman–Crippen MR) is 277 cm³/mol. The molecule has 0 radical (unpaired) electrons. The van der Waals surface area contributed by atoms with Crippen molar-refractivity contribution < 1.29 is 0 Å². The average molecular weight is 849 g/mol. The maximum absolute atomic E-state index is 2.68. The number of hydrogen-bond acceptors (Lipinski definition) is 1. The number of aromatic nitrogens is 2. The standard InChI is InChI=1S/C60H40N2SSi/c1-4-19-42(20-5-1)64(43-21-6-2-7-22-43,44-23-8-3-9-24-44)45-39-37-41(38-40-45)61-52-31-13-11-27-51(52)59-55(61)34-18-35-56(59)62-53-32-14-10-26-50(53)58-47(28-17-33-54(58)62)49-30-16-29-48-46-25-12-15-36-57(46)63-60(48)49/h1-40H. The number of para-hydroxylation sites is 2. The molecule has 3 aromatic heterocycles. The highest BCUT2D eigenvalue weighted by atomic mass is 32.1. The van der Waals surface area contributed by atoms with Crippen molar-refractivity contribution in [2.75, 3.05) is 0 Å². The molecule has 0 spiro atoms. The van der Waals surface area contributed by atoms with Crippen LogP contribution in [0.25, 0.3) is 86.3 Å². The summed E-state index contributed by atoms with van der Waals surface area (Å²) in [5.74, 6) is 0. The quantitative estimate of drug-likeness (QED) is 0.112. The number of fused-ring (bicyclic) bond motifs is 9. The van der Waals surface area contributed by atoms with Gasteiger partial charge < -0.3 is 9.13 Å². The molecule has 0 saturated heterocycles. The van der Waals surface area contributed by atoms with Gasteiger partial charge in [-0.15, -0.1) is 11.3 Å². The van der Waals surface area contributed by atoms with Crippen molar-refractivity contribution in [1.29, 1.82) is 0 Å². The Hall–Kier alpha value is -7.76. The first kappa shape index (κ1) is 36.9. The lowest BCUT2D eigenvalue weighted by Crippen LogP contribution is -2.74. The fraction of sp³-hybridized carbons (Fsp3) is 0. The lowest BCUT2D eigenvalue weighted by atomic mass is 9.98. The van der Waals surface area contributed by atoms with Crippen LogP contribution >= 0.6 is 11.3 Å². The Morgan fingerprint density at radius 1 is 0.297 bits per heavy atom. The van der Waals surface area contributed by atoms with Crippen molar-refractivity contribution in [3.8, 4) is 22.5 Å². The Bertz CT molecular complexity index is 3790. The minimum Gasteiger partial charge on any atom is -0.309 e. The van der Waals surface area contributed by atoms with Gasteiger partial charge in [-0.05, 0) is 74.8 Å². The molecule has 0 fully saturated rings. The number of hydrogen-bond donors (Lipinski definition) is 0. The summed E-state index contributed by atoms with van der Waals surface area (Å²) >= 11 is 1.90. The van der Waals surface area contributed by atoms with Crippen LogP contribution < -0.4 is 20.7 Å². The van der Waals surface area contributed by atoms with Gasteiger partial charge in [0.1, 0.15) is 0 Å². The molecule has 0 unspecified atom stereocenters. The average Bonchev–Trinajstić information content (AvgIpc) is 4.04. The first-order valence-corrected chi connectivity index (χ1v) is 24.8. The maximum atomic E-state index is 2.51. The summed E-state index contributed by atoms with van der Waals surface area (Å²) in [5, 5.41) is 13.1. The highest BCUT2D eigenvalue weighted by Crippen LogP contribution is 2.46. The summed E-state index contributed by atoms with van der Waals surface area (Å²) in [5.41, 5.74) is 9.64. The van der Waals surface area contributed by atoms with Gasteiger partial charge in [0, 0.05) is 53.0 Å². The first-order valence-electron chi connectivity index (χ1n) is 22.0. The summed E-state index contributed by atoms with van der Waals surface area (Å²) in [6, 6.07) is 90.3. The number of benzene rings is 10. The third-order valence-electron chi connectivity index (χ3n) is 13.5. The summed E-state index contributed by atoms with van der Waals surface area (Å²) in [7, 11) is -2.68. The van der Waals surface area contributed by atoms with Gasteiger partial charge >= 0.3 is 0 Å². The fourth-order valence-corrected chi connectivity index (χ4v) is 16.8. The number of rotatable bonds is 7. The summed E-state index contributed by atoms with van der Waals surface area (Å²) in [6.45, 7) is 0. The summed E-state index contributed by atoms with van der Waals surface area (Å²) in [4.78, 5) is 0. The van der Waals surface area contributed by atoms with E-state index in [1.54, 1.807) is 0 Å². The summed E-state index contributed by atoms with van der Waals surface area (Å²) in [6.07, 6.45) is 0. The van der Waals surface area contributed by atoms with Crippen LogP contribution in [0.5, 0.6) is 0 Å². The number of thiophene rings is 1. The van der Waals surface area contributed by atoms with Gasteiger partial charge in [0.15, 0.2) is 8.07 Å². The molecule has 0 aliphatic rings. The monoisotopic (exact) mass is 848 g/mol. The fourth-order valence-electron chi connectivity index (χ4n) is 10.9. The minimum absolute atomic E-state index is 1.14. The van der Waals surface area contributed by atoms with Crippen molar-refractivity contribution in [1.82, 2.24) is 9.13 Å². The maximum Gasteiger partial charge on any atom is 0.179 e. The molecule has 2 nitrogen and oxygen atoms in total. The zero-order valence-corrected chi connectivity index (χ0v) is 36.7. The predicted octanol–water partition coefficient (Wildman–Crippen LogP) is 13.3. The van der Waals surface area contributed by atoms with Crippen LogP contribution in [0.4, 0.5) is 0 Å². The molecule has 0 bridgehead atoms. The molecule has 0 aliphatic carbocycles. The first-order chi connectivity index (χ1) is 31.8. The van der Waals surface area contributed by atoms with Gasteiger partial charge in [0.25, 0.3) is 0 Å². The van der Waals surface area contributed by atoms with E-state index >= 15 is 0 Å².